The summed E-state index contributed by atoms with van der Waals surface area (Å²) in [5, 5.41) is 11.4. The summed E-state index contributed by atoms with van der Waals surface area (Å²) in [4.78, 5) is 44.1. The molecule has 1 aromatic heterocycles. The summed E-state index contributed by atoms with van der Waals surface area (Å²) in [7, 11) is 0. The Morgan fingerprint density at radius 3 is 2.23 bits per heavy atom. The van der Waals surface area contributed by atoms with E-state index in [2.05, 4.69) is 9.88 Å². The molecule has 1 aliphatic heterocycles. The lowest BCUT2D eigenvalue weighted by Crippen LogP contribution is -2.50. The number of aromatic nitrogens is 1. The van der Waals surface area contributed by atoms with Crippen molar-refractivity contribution in [1.82, 2.24) is 9.88 Å². The SMILES string of the molecule is NC(=O)N1CCN(c2ccc(Cl)cc2)CC1.Nc1nccc2ccc(C(=O)N(CC(=O)O)c3ccccc3)cc12. The van der Waals surface area contributed by atoms with Crippen molar-refractivity contribution in [2.45, 2.75) is 0 Å². The summed E-state index contributed by atoms with van der Waals surface area (Å²) < 4.78 is 0. The van der Waals surface area contributed by atoms with E-state index < -0.39 is 18.4 Å². The lowest BCUT2D eigenvalue weighted by atomic mass is 10.1. The zero-order valence-electron chi connectivity index (χ0n) is 21.6. The molecule has 1 aliphatic rings. The Hall–Kier alpha value is -4.83. The first-order valence-electron chi connectivity index (χ1n) is 12.5. The molecule has 0 radical (unpaired) electrons. The number of primary amides is 1. The molecule has 0 atom stereocenters. The van der Waals surface area contributed by atoms with Crippen molar-refractivity contribution >= 4 is 57.5 Å². The number of nitrogens with zero attached hydrogens (tertiary/aromatic N) is 4. The van der Waals surface area contributed by atoms with Gasteiger partial charge in [0, 0.05) is 59.7 Å². The number of rotatable bonds is 5. The van der Waals surface area contributed by atoms with Gasteiger partial charge in [-0.1, -0.05) is 35.9 Å². The van der Waals surface area contributed by atoms with E-state index in [-0.39, 0.29) is 6.03 Å². The van der Waals surface area contributed by atoms with Crippen LogP contribution in [-0.2, 0) is 4.79 Å². The molecule has 11 heteroatoms. The Kier molecular flexibility index (Phi) is 9.03. The van der Waals surface area contributed by atoms with Crippen LogP contribution < -0.4 is 21.3 Å². The average molecular weight is 561 g/mol. The molecule has 5 N–H and O–H groups in total. The number of fused-ring (bicyclic) bond motifs is 1. The molecule has 0 saturated carbocycles. The predicted molar refractivity (Wildman–Crippen MR) is 157 cm³/mol. The van der Waals surface area contributed by atoms with E-state index in [1.54, 1.807) is 65.7 Å². The standard InChI is InChI=1S/C18H15N3O3.C11H14ClN3O/c19-17-15-10-13(7-6-12(15)8-9-20-17)18(24)21(11-16(22)23)14-4-2-1-3-5-14;12-9-1-3-10(4-2-9)14-5-7-15(8-6-14)11(13)16/h1-10H,11H2,(H2,19,20)(H,22,23);1-4H,5-8H2,(H2,13,16). The molecule has 3 amide bonds. The van der Waals surface area contributed by atoms with Gasteiger partial charge in [-0.2, -0.15) is 0 Å². The average Bonchev–Trinajstić information content (AvgIpc) is 2.97. The number of para-hydroxylation sites is 1. The fourth-order valence-corrected chi connectivity index (χ4v) is 4.47. The molecule has 1 saturated heterocycles. The van der Waals surface area contributed by atoms with Gasteiger partial charge in [0.15, 0.2) is 0 Å². The number of urea groups is 1. The Morgan fingerprint density at radius 1 is 0.925 bits per heavy atom. The van der Waals surface area contributed by atoms with Crippen molar-refractivity contribution in [2.24, 2.45) is 5.73 Å². The molecule has 0 unspecified atom stereocenters. The van der Waals surface area contributed by atoms with Crippen LogP contribution >= 0.6 is 11.6 Å². The third kappa shape index (κ3) is 6.97. The van der Waals surface area contributed by atoms with E-state index in [1.165, 1.54) is 4.90 Å². The van der Waals surface area contributed by atoms with Gasteiger partial charge in [0.05, 0.1) is 0 Å². The summed E-state index contributed by atoms with van der Waals surface area (Å²) in [5.74, 6) is -1.17. The maximum atomic E-state index is 12.8. The number of anilines is 3. The fraction of sp³-hybridized carbons (Fsp3) is 0.172. The van der Waals surface area contributed by atoms with Gasteiger partial charge in [0.25, 0.3) is 5.91 Å². The van der Waals surface area contributed by atoms with Gasteiger partial charge in [0.2, 0.25) is 0 Å². The third-order valence-corrected chi connectivity index (χ3v) is 6.69. The van der Waals surface area contributed by atoms with E-state index in [0.717, 1.165) is 29.2 Å². The van der Waals surface area contributed by atoms with E-state index in [4.69, 9.17) is 28.2 Å². The van der Waals surface area contributed by atoms with E-state index in [0.29, 0.717) is 35.5 Å². The maximum absolute atomic E-state index is 12.8. The molecular formula is C29H29ClN6O4. The van der Waals surface area contributed by atoms with Crippen molar-refractivity contribution in [3.8, 4) is 0 Å². The molecule has 0 aliphatic carbocycles. The second kappa shape index (κ2) is 12.8. The number of aliphatic carboxylic acids is 1. The number of nitrogens with two attached hydrogens (primary N) is 2. The van der Waals surface area contributed by atoms with Crippen molar-refractivity contribution in [3.05, 3.63) is 95.6 Å². The Balaban J connectivity index is 0.000000201. The zero-order chi connectivity index (χ0) is 28.6. The summed E-state index contributed by atoms with van der Waals surface area (Å²) in [6.45, 7) is 2.55. The van der Waals surface area contributed by atoms with Gasteiger partial charge in [-0.05, 0) is 60.0 Å². The number of hydrogen-bond acceptors (Lipinski definition) is 6. The molecule has 3 aromatic carbocycles. The van der Waals surface area contributed by atoms with Gasteiger partial charge in [-0.25, -0.2) is 9.78 Å². The number of carboxylic acid groups (broad SMARTS) is 1. The molecular weight excluding hydrogens is 532 g/mol. The maximum Gasteiger partial charge on any atom is 0.323 e. The molecule has 0 spiro atoms. The number of carboxylic acids is 1. The van der Waals surface area contributed by atoms with Crippen molar-refractivity contribution in [1.29, 1.82) is 0 Å². The molecule has 10 nitrogen and oxygen atoms in total. The van der Waals surface area contributed by atoms with Gasteiger partial charge < -0.3 is 26.4 Å². The van der Waals surface area contributed by atoms with E-state index >= 15 is 0 Å². The van der Waals surface area contributed by atoms with Crippen LogP contribution in [0.2, 0.25) is 5.02 Å². The quantitative estimate of drug-likeness (QED) is 0.333. The first-order valence-corrected chi connectivity index (χ1v) is 12.9. The topological polar surface area (TPSA) is 146 Å². The highest BCUT2D eigenvalue weighted by Crippen LogP contribution is 2.23. The molecule has 206 valence electrons. The van der Waals surface area contributed by atoms with Crippen LogP contribution in [0.3, 0.4) is 0 Å². The summed E-state index contributed by atoms with van der Waals surface area (Å²) in [6, 6.07) is 22.9. The van der Waals surface area contributed by atoms with Crippen LogP contribution in [-0.4, -0.2) is 65.6 Å². The highest BCUT2D eigenvalue weighted by molar-refractivity contribution is 6.30. The Bertz CT molecular complexity index is 1490. The number of carbonyl (C=O) groups is 3. The highest BCUT2D eigenvalue weighted by Gasteiger charge is 2.21. The van der Waals surface area contributed by atoms with E-state index in [9.17, 15) is 14.4 Å². The first-order chi connectivity index (χ1) is 19.2. The normalized spacial score (nSPS) is 12.8. The smallest absolute Gasteiger partial charge is 0.323 e. The number of piperazine rings is 1. The molecule has 2 heterocycles. The second-order valence-electron chi connectivity index (χ2n) is 9.04. The van der Waals surface area contributed by atoms with Crippen LogP contribution in [0.5, 0.6) is 0 Å². The van der Waals surface area contributed by atoms with Crippen molar-refractivity contribution in [2.75, 3.05) is 48.3 Å². The number of carbonyl (C=O) groups excluding carboxylic acids is 2. The minimum atomic E-state index is -1.09. The van der Waals surface area contributed by atoms with Gasteiger partial charge in [0.1, 0.15) is 12.4 Å². The van der Waals surface area contributed by atoms with Gasteiger partial charge in [-0.15, -0.1) is 0 Å². The van der Waals surface area contributed by atoms with Crippen LogP contribution in [0.4, 0.5) is 22.0 Å². The number of amides is 3. The number of benzene rings is 3. The summed E-state index contributed by atoms with van der Waals surface area (Å²) >= 11 is 5.83. The largest absolute Gasteiger partial charge is 0.480 e. The lowest BCUT2D eigenvalue weighted by Gasteiger charge is -2.35. The van der Waals surface area contributed by atoms with Crippen LogP contribution in [0.15, 0.2) is 85.1 Å². The Morgan fingerprint density at radius 2 is 1.60 bits per heavy atom. The number of pyridine rings is 1. The highest BCUT2D eigenvalue weighted by atomic mass is 35.5. The summed E-state index contributed by atoms with van der Waals surface area (Å²) in [6.07, 6.45) is 1.60. The van der Waals surface area contributed by atoms with E-state index in [1.807, 2.05) is 24.3 Å². The van der Waals surface area contributed by atoms with Crippen LogP contribution in [0, 0.1) is 0 Å². The predicted octanol–water partition coefficient (Wildman–Crippen LogP) is 4.09. The second-order valence-corrected chi connectivity index (χ2v) is 9.48. The zero-order valence-corrected chi connectivity index (χ0v) is 22.4. The third-order valence-electron chi connectivity index (χ3n) is 6.43. The Labute approximate surface area is 236 Å². The molecule has 5 rings (SSSR count). The van der Waals surface area contributed by atoms with Crippen molar-refractivity contribution in [3.63, 3.8) is 0 Å². The first kappa shape index (κ1) is 28.2. The molecule has 0 bridgehead atoms. The number of hydrogen-bond donors (Lipinski definition) is 3. The number of halogens is 1. The minimum absolute atomic E-state index is 0.326. The monoisotopic (exact) mass is 560 g/mol. The number of nitrogen functional groups attached to an aromatic ring is 1. The molecule has 40 heavy (non-hydrogen) atoms. The fourth-order valence-electron chi connectivity index (χ4n) is 4.34. The lowest BCUT2D eigenvalue weighted by molar-refractivity contribution is -0.135. The molecule has 1 fully saturated rings. The van der Waals surface area contributed by atoms with Gasteiger partial charge >= 0.3 is 12.0 Å². The molecule has 4 aromatic rings. The van der Waals surface area contributed by atoms with Gasteiger partial charge in [-0.3, -0.25) is 14.5 Å². The van der Waals surface area contributed by atoms with Crippen LogP contribution in [0.1, 0.15) is 10.4 Å². The van der Waals surface area contributed by atoms with Crippen LogP contribution in [0.25, 0.3) is 10.8 Å². The summed E-state index contributed by atoms with van der Waals surface area (Å²) in [5.41, 5.74) is 13.1. The van der Waals surface area contributed by atoms with Crippen molar-refractivity contribution < 1.29 is 19.5 Å². The minimum Gasteiger partial charge on any atom is -0.480 e.